The Morgan fingerprint density at radius 3 is 2.87 bits per heavy atom. The van der Waals surface area contributed by atoms with Crippen molar-refractivity contribution in [3.63, 3.8) is 0 Å². The third-order valence-electron chi connectivity index (χ3n) is 3.40. The molecule has 0 unspecified atom stereocenters. The molecular formula is C12H14N2O. The summed E-state index contributed by atoms with van der Waals surface area (Å²) >= 11 is 0. The topological polar surface area (TPSA) is 37.8 Å². The highest BCUT2D eigenvalue weighted by atomic mass is 16.1. The largest absolute Gasteiger partial charge is 0.326 e. The van der Waals surface area contributed by atoms with E-state index < -0.39 is 0 Å². The summed E-state index contributed by atoms with van der Waals surface area (Å²) in [6.07, 6.45) is 3.52. The number of aryl methyl sites for hydroxylation is 1. The monoisotopic (exact) mass is 202 g/mol. The number of nitrogens with zero attached hydrogens (tertiary/aromatic N) is 1. The van der Waals surface area contributed by atoms with Crippen molar-refractivity contribution in [3.05, 3.63) is 34.2 Å². The van der Waals surface area contributed by atoms with E-state index in [9.17, 15) is 4.79 Å². The molecule has 0 amide bonds. The van der Waals surface area contributed by atoms with Gasteiger partial charge in [0.25, 0.3) is 0 Å². The van der Waals surface area contributed by atoms with Crippen molar-refractivity contribution in [2.45, 2.75) is 32.2 Å². The second-order valence-corrected chi connectivity index (χ2v) is 4.35. The third kappa shape index (κ3) is 1.16. The van der Waals surface area contributed by atoms with Crippen molar-refractivity contribution in [2.75, 3.05) is 0 Å². The molecule has 1 N–H and O–H groups in total. The Morgan fingerprint density at radius 1 is 1.40 bits per heavy atom. The highest BCUT2D eigenvalue weighted by Crippen LogP contribution is 2.32. The van der Waals surface area contributed by atoms with Gasteiger partial charge in [-0.25, -0.2) is 4.79 Å². The normalized spacial score (nSPS) is 16.9. The second kappa shape index (κ2) is 2.99. The number of fused-ring (bicyclic) bond motifs is 1. The summed E-state index contributed by atoms with van der Waals surface area (Å²) in [6, 6.07) is 6.50. The Labute approximate surface area is 87.7 Å². The van der Waals surface area contributed by atoms with Crippen molar-refractivity contribution in [3.8, 4) is 0 Å². The van der Waals surface area contributed by atoms with Crippen LogP contribution >= 0.6 is 0 Å². The lowest BCUT2D eigenvalue weighted by atomic mass is 9.93. The summed E-state index contributed by atoms with van der Waals surface area (Å²) in [4.78, 5) is 14.8. The molecule has 0 aliphatic heterocycles. The van der Waals surface area contributed by atoms with Gasteiger partial charge in [0.1, 0.15) is 0 Å². The smallest absolute Gasteiger partial charge is 0.305 e. The van der Waals surface area contributed by atoms with E-state index in [0.717, 1.165) is 29.4 Å². The van der Waals surface area contributed by atoms with Crippen molar-refractivity contribution < 1.29 is 0 Å². The molecule has 0 saturated heterocycles. The summed E-state index contributed by atoms with van der Waals surface area (Å²) < 4.78 is 1.92. The predicted molar refractivity (Wildman–Crippen MR) is 60.2 cm³/mol. The SMILES string of the molecule is Cc1cccc2c1[nH]c(=O)n2C1CCC1. The zero-order valence-corrected chi connectivity index (χ0v) is 8.79. The number of H-pyrrole nitrogens is 1. The molecule has 0 radical (unpaired) electrons. The Balaban J connectivity index is 2.32. The van der Waals surface area contributed by atoms with Gasteiger partial charge in [-0.1, -0.05) is 12.1 Å². The fourth-order valence-corrected chi connectivity index (χ4v) is 2.30. The van der Waals surface area contributed by atoms with E-state index in [0.29, 0.717) is 6.04 Å². The van der Waals surface area contributed by atoms with Crippen molar-refractivity contribution >= 4 is 11.0 Å². The number of rotatable bonds is 1. The molecule has 1 saturated carbocycles. The van der Waals surface area contributed by atoms with Crippen LogP contribution in [0, 0.1) is 6.92 Å². The molecule has 1 heterocycles. The lowest BCUT2D eigenvalue weighted by Gasteiger charge is -2.26. The van der Waals surface area contributed by atoms with Crippen LogP contribution in [-0.4, -0.2) is 9.55 Å². The Bertz CT molecular complexity index is 560. The highest BCUT2D eigenvalue weighted by molar-refractivity contribution is 5.78. The molecule has 1 fully saturated rings. The van der Waals surface area contributed by atoms with Crippen LogP contribution in [0.25, 0.3) is 11.0 Å². The standard InChI is InChI=1S/C12H14N2O/c1-8-4-2-7-10-11(8)13-12(15)14(10)9-5-3-6-9/h2,4,7,9H,3,5-6H2,1H3,(H,13,15). The van der Waals surface area contributed by atoms with Gasteiger partial charge in [-0.15, -0.1) is 0 Å². The average molecular weight is 202 g/mol. The molecule has 1 aliphatic rings. The van der Waals surface area contributed by atoms with Crippen molar-refractivity contribution in [2.24, 2.45) is 0 Å². The van der Waals surface area contributed by atoms with Gasteiger partial charge in [0, 0.05) is 6.04 Å². The minimum absolute atomic E-state index is 0.0454. The van der Waals surface area contributed by atoms with Gasteiger partial charge in [-0.2, -0.15) is 0 Å². The number of aromatic amines is 1. The molecule has 3 heteroatoms. The Morgan fingerprint density at radius 2 is 2.20 bits per heavy atom. The van der Waals surface area contributed by atoms with Crippen LogP contribution in [0.1, 0.15) is 30.9 Å². The predicted octanol–water partition coefficient (Wildman–Crippen LogP) is 2.36. The fourth-order valence-electron chi connectivity index (χ4n) is 2.30. The average Bonchev–Trinajstić information content (AvgIpc) is 2.44. The van der Waals surface area contributed by atoms with Gasteiger partial charge < -0.3 is 4.98 Å². The number of nitrogens with one attached hydrogen (secondary N) is 1. The van der Waals surface area contributed by atoms with Crippen LogP contribution in [0.2, 0.25) is 0 Å². The van der Waals surface area contributed by atoms with Crippen LogP contribution in [0.4, 0.5) is 0 Å². The number of imidazole rings is 1. The number of benzene rings is 1. The molecule has 0 spiro atoms. The summed E-state index contributed by atoms with van der Waals surface area (Å²) in [5.41, 5.74) is 3.24. The first-order valence-electron chi connectivity index (χ1n) is 5.47. The molecule has 3 rings (SSSR count). The van der Waals surface area contributed by atoms with E-state index in [4.69, 9.17) is 0 Å². The molecule has 0 atom stereocenters. The third-order valence-corrected chi connectivity index (χ3v) is 3.40. The molecule has 1 aromatic carbocycles. The second-order valence-electron chi connectivity index (χ2n) is 4.35. The maximum atomic E-state index is 11.8. The molecule has 78 valence electrons. The summed E-state index contributed by atoms with van der Waals surface area (Å²) in [7, 11) is 0. The van der Waals surface area contributed by atoms with Crippen LogP contribution in [0.5, 0.6) is 0 Å². The maximum absolute atomic E-state index is 11.8. The molecule has 2 aromatic rings. The van der Waals surface area contributed by atoms with E-state index in [-0.39, 0.29) is 5.69 Å². The molecule has 1 aliphatic carbocycles. The number of para-hydroxylation sites is 1. The molecule has 0 bridgehead atoms. The molecule has 15 heavy (non-hydrogen) atoms. The van der Waals surface area contributed by atoms with E-state index in [2.05, 4.69) is 4.98 Å². The van der Waals surface area contributed by atoms with Gasteiger partial charge in [-0.05, 0) is 37.8 Å². The van der Waals surface area contributed by atoms with Crippen LogP contribution in [0.15, 0.2) is 23.0 Å². The summed E-state index contributed by atoms with van der Waals surface area (Å²) in [5.74, 6) is 0. The van der Waals surface area contributed by atoms with Gasteiger partial charge in [0.2, 0.25) is 0 Å². The maximum Gasteiger partial charge on any atom is 0.326 e. The molecule has 3 nitrogen and oxygen atoms in total. The van der Waals surface area contributed by atoms with Gasteiger partial charge in [0.15, 0.2) is 0 Å². The first-order valence-corrected chi connectivity index (χ1v) is 5.47. The van der Waals surface area contributed by atoms with Gasteiger partial charge in [-0.3, -0.25) is 4.57 Å². The first kappa shape index (κ1) is 8.77. The zero-order chi connectivity index (χ0) is 10.4. The molecule has 1 aromatic heterocycles. The highest BCUT2D eigenvalue weighted by Gasteiger charge is 2.23. The number of hydrogen-bond donors (Lipinski definition) is 1. The lowest BCUT2D eigenvalue weighted by molar-refractivity contribution is 0.314. The lowest BCUT2D eigenvalue weighted by Crippen LogP contribution is -2.26. The minimum Gasteiger partial charge on any atom is -0.305 e. The van der Waals surface area contributed by atoms with Crippen molar-refractivity contribution in [1.82, 2.24) is 9.55 Å². The zero-order valence-electron chi connectivity index (χ0n) is 8.79. The Kier molecular flexibility index (Phi) is 1.75. The summed E-state index contributed by atoms with van der Waals surface area (Å²) in [5, 5.41) is 0. The van der Waals surface area contributed by atoms with Crippen molar-refractivity contribution in [1.29, 1.82) is 0 Å². The van der Waals surface area contributed by atoms with E-state index in [1.807, 2.05) is 29.7 Å². The van der Waals surface area contributed by atoms with Crippen LogP contribution < -0.4 is 5.69 Å². The molecular weight excluding hydrogens is 188 g/mol. The minimum atomic E-state index is 0.0454. The van der Waals surface area contributed by atoms with Gasteiger partial charge >= 0.3 is 5.69 Å². The Hall–Kier alpha value is -1.51. The summed E-state index contributed by atoms with van der Waals surface area (Å²) in [6.45, 7) is 2.03. The number of hydrogen-bond acceptors (Lipinski definition) is 1. The first-order chi connectivity index (χ1) is 7.27. The quantitative estimate of drug-likeness (QED) is 0.757. The van der Waals surface area contributed by atoms with E-state index >= 15 is 0 Å². The fraction of sp³-hybridized carbons (Fsp3) is 0.417. The van der Waals surface area contributed by atoms with E-state index in [1.54, 1.807) is 0 Å². The van der Waals surface area contributed by atoms with Gasteiger partial charge in [0.05, 0.1) is 11.0 Å². The number of aromatic nitrogens is 2. The van der Waals surface area contributed by atoms with Crippen LogP contribution in [-0.2, 0) is 0 Å². The van der Waals surface area contributed by atoms with Crippen LogP contribution in [0.3, 0.4) is 0 Å². The van der Waals surface area contributed by atoms with E-state index in [1.165, 1.54) is 6.42 Å².